The van der Waals surface area contributed by atoms with Gasteiger partial charge in [0, 0.05) is 27.9 Å². The second kappa shape index (κ2) is 8.44. The standard InChI is InChI=1S/C40H33N/c1-39(2)35-16-10-9-15-32(35)34-25-29(20-23-37(34)39)41(27-12-6-5-7-13-27)28-19-22-30-26(24-28)18-21-33-31-14-8-11-17-36(31)40(3,4)38(30)33/h5-25H,1-4H3. The Hall–Kier alpha value is -4.62. The molecule has 0 atom stereocenters. The molecule has 0 bridgehead atoms. The predicted molar refractivity (Wildman–Crippen MR) is 174 cm³/mol. The molecular weight excluding hydrogens is 494 g/mol. The smallest absolute Gasteiger partial charge is 0.0468 e. The van der Waals surface area contributed by atoms with Gasteiger partial charge in [-0.25, -0.2) is 0 Å². The largest absolute Gasteiger partial charge is 0.310 e. The molecule has 6 aromatic carbocycles. The first-order valence-electron chi connectivity index (χ1n) is 14.6. The van der Waals surface area contributed by atoms with Crippen LogP contribution in [-0.2, 0) is 10.8 Å². The van der Waals surface area contributed by atoms with E-state index in [-0.39, 0.29) is 10.8 Å². The summed E-state index contributed by atoms with van der Waals surface area (Å²) >= 11 is 0. The second-order valence-electron chi connectivity index (χ2n) is 12.6. The van der Waals surface area contributed by atoms with Crippen LogP contribution < -0.4 is 4.90 Å². The predicted octanol–water partition coefficient (Wildman–Crippen LogP) is 10.9. The van der Waals surface area contributed by atoms with Gasteiger partial charge in [0.15, 0.2) is 0 Å². The lowest BCUT2D eigenvalue weighted by atomic mass is 9.80. The zero-order valence-corrected chi connectivity index (χ0v) is 24.1. The van der Waals surface area contributed by atoms with Gasteiger partial charge < -0.3 is 4.90 Å². The molecule has 6 aromatic rings. The Morgan fingerprint density at radius 1 is 0.415 bits per heavy atom. The maximum atomic E-state index is 2.40. The van der Waals surface area contributed by atoms with Crippen LogP contribution in [0.2, 0.25) is 0 Å². The zero-order chi connectivity index (χ0) is 27.9. The molecule has 0 heterocycles. The summed E-state index contributed by atoms with van der Waals surface area (Å²) in [6.07, 6.45) is 0. The van der Waals surface area contributed by atoms with Gasteiger partial charge in [-0.15, -0.1) is 0 Å². The number of rotatable bonds is 3. The van der Waals surface area contributed by atoms with Gasteiger partial charge in [0.1, 0.15) is 0 Å². The highest BCUT2D eigenvalue weighted by Crippen LogP contribution is 2.53. The van der Waals surface area contributed by atoms with Crippen LogP contribution in [0.25, 0.3) is 33.0 Å². The van der Waals surface area contributed by atoms with Crippen LogP contribution in [0.3, 0.4) is 0 Å². The van der Waals surface area contributed by atoms with Crippen molar-refractivity contribution in [3.05, 3.63) is 150 Å². The lowest BCUT2D eigenvalue weighted by Crippen LogP contribution is -2.16. The molecule has 2 aliphatic rings. The second-order valence-corrected chi connectivity index (χ2v) is 12.6. The number of nitrogens with zero attached hydrogens (tertiary/aromatic N) is 1. The number of anilines is 3. The molecule has 0 saturated carbocycles. The van der Waals surface area contributed by atoms with Crippen molar-refractivity contribution in [1.29, 1.82) is 0 Å². The molecule has 0 spiro atoms. The summed E-state index contributed by atoms with van der Waals surface area (Å²) in [7, 11) is 0. The van der Waals surface area contributed by atoms with Crippen molar-refractivity contribution in [2.45, 2.75) is 38.5 Å². The van der Waals surface area contributed by atoms with Gasteiger partial charge in [-0.1, -0.05) is 119 Å². The van der Waals surface area contributed by atoms with Gasteiger partial charge in [0.2, 0.25) is 0 Å². The Labute approximate surface area is 242 Å². The Balaban J connectivity index is 1.31. The van der Waals surface area contributed by atoms with Crippen LogP contribution in [0.15, 0.2) is 127 Å². The number of para-hydroxylation sites is 1. The van der Waals surface area contributed by atoms with Crippen LogP contribution in [0.1, 0.15) is 49.9 Å². The third-order valence-corrected chi connectivity index (χ3v) is 9.62. The summed E-state index contributed by atoms with van der Waals surface area (Å²) in [6.45, 7) is 9.41. The van der Waals surface area contributed by atoms with Crippen LogP contribution >= 0.6 is 0 Å². The minimum absolute atomic E-state index is 0.00422. The zero-order valence-electron chi connectivity index (χ0n) is 24.1. The molecular formula is C40H33N. The van der Waals surface area contributed by atoms with E-state index in [0.29, 0.717) is 0 Å². The van der Waals surface area contributed by atoms with Gasteiger partial charge in [0.05, 0.1) is 0 Å². The van der Waals surface area contributed by atoms with Crippen molar-refractivity contribution in [2.24, 2.45) is 0 Å². The molecule has 0 fully saturated rings. The molecule has 0 radical (unpaired) electrons. The van der Waals surface area contributed by atoms with Gasteiger partial charge in [-0.2, -0.15) is 0 Å². The molecule has 0 aromatic heterocycles. The number of hydrogen-bond acceptors (Lipinski definition) is 1. The first kappa shape index (κ1) is 24.2. The first-order valence-corrected chi connectivity index (χ1v) is 14.6. The molecule has 1 heteroatoms. The molecule has 41 heavy (non-hydrogen) atoms. The van der Waals surface area contributed by atoms with E-state index >= 15 is 0 Å². The topological polar surface area (TPSA) is 3.24 Å². The molecule has 2 aliphatic carbocycles. The van der Waals surface area contributed by atoms with E-state index in [1.807, 2.05) is 0 Å². The van der Waals surface area contributed by atoms with E-state index in [4.69, 9.17) is 0 Å². The Bertz CT molecular complexity index is 1990. The van der Waals surface area contributed by atoms with Crippen molar-refractivity contribution in [3.8, 4) is 22.3 Å². The Morgan fingerprint density at radius 3 is 1.76 bits per heavy atom. The Kier molecular flexibility index (Phi) is 4.98. The van der Waals surface area contributed by atoms with E-state index in [1.165, 1.54) is 66.7 Å². The Morgan fingerprint density at radius 2 is 1.00 bits per heavy atom. The maximum Gasteiger partial charge on any atom is 0.0468 e. The quantitative estimate of drug-likeness (QED) is 0.221. The molecule has 198 valence electrons. The molecule has 8 rings (SSSR count). The van der Waals surface area contributed by atoms with E-state index in [1.54, 1.807) is 0 Å². The van der Waals surface area contributed by atoms with Gasteiger partial charge >= 0.3 is 0 Å². The fourth-order valence-corrected chi connectivity index (χ4v) is 7.62. The van der Waals surface area contributed by atoms with E-state index in [0.717, 1.165) is 5.69 Å². The lowest BCUT2D eigenvalue weighted by molar-refractivity contribution is 0.660. The lowest BCUT2D eigenvalue weighted by Gasteiger charge is -2.28. The normalized spacial score (nSPS) is 15.2. The maximum absolute atomic E-state index is 2.40. The average Bonchev–Trinajstić information content (AvgIpc) is 3.38. The van der Waals surface area contributed by atoms with E-state index < -0.39 is 0 Å². The minimum atomic E-state index is -0.0355. The van der Waals surface area contributed by atoms with Gasteiger partial charge in [-0.05, 0) is 91.7 Å². The SMILES string of the molecule is CC1(C)c2ccccc2-c2cc(N(c3ccccc3)c3ccc4c5c(ccc4c3)-c3ccccc3C5(C)C)ccc21. The fraction of sp³-hybridized carbons (Fsp3) is 0.150. The number of fused-ring (bicyclic) bond motifs is 8. The van der Waals surface area contributed by atoms with Crippen molar-refractivity contribution >= 4 is 27.8 Å². The molecule has 0 aliphatic heterocycles. The molecule has 0 amide bonds. The molecule has 0 saturated heterocycles. The van der Waals surface area contributed by atoms with E-state index in [9.17, 15) is 0 Å². The van der Waals surface area contributed by atoms with Gasteiger partial charge in [0.25, 0.3) is 0 Å². The summed E-state index contributed by atoms with van der Waals surface area (Å²) in [4.78, 5) is 2.40. The van der Waals surface area contributed by atoms with E-state index in [2.05, 4.69) is 160 Å². The first-order chi connectivity index (χ1) is 19.9. The number of benzene rings is 6. The van der Waals surface area contributed by atoms with Crippen molar-refractivity contribution < 1.29 is 0 Å². The third kappa shape index (κ3) is 3.36. The fourth-order valence-electron chi connectivity index (χ4n) is 7.62. The summed E-state index contributed by atoms with van der Waals surface area (Å²) in [6, 6.07) is 47.2. The van der Waals surface area contributed by atoms with Crippen molar-refractivity contribution in [3.63, 3.8) is 0 Å². The highest BCUT2D eigenvalue weighted by atomic mass is 15.1. The molecule has 0 unspecified atom stereocenters. The van der Waals surface area contributed by atoms with Gasteiger partial charge in [-0.3, -0.25) is 0 Å². The third-order valence-electron chi connectivity index (χ3n) is 9.62. The monoisotopic (exact) mass is 527 g/mol. The number of hydrogen-bond donors (Lipinski definition) is 0. The van der Waals surface area contributed by atoms with Crippen molar-refractivity contribution in [1.82, 2.24) is 0 Å². The van der Waals surface area contributed by atoms with Crippen LogP contribution in [0, 0.1) is 0 Å². The van der Waals surface area contributed by atoms with Crippen molar-refractivity contribution in [2.75, 3.05) is 4.90 Å². The molecule has 1 nitrogen and oxygen atoms in total. The summed E-state index contributed by atoms with van der Waals surface area (Å²) in [5, 5.41) is 2.61. The highest BCUT2D eigenvalue weighted by molar-refractivity contribution is 5.99. The van der Waals surface area contributed by atoms with Crippen LogP contribution in [-0.4, -0.2) is 0 Å². The van der Waals surface area contributed by atoms with Crippen LogP contribution in [0.5, 0.6) is 0 Å². The van der Waals surface area contributed by atoms with Crippen LogP contribution in [0.4, 0.5) is 17.1 Å². The highest BCUT2D eigenvalue weighted by Gasteiger charge is 2.37. The summed E-state index contributed by atoms with van der Waals surface area (Å²) in [5.41, 5.74) is 14.5. The summed E-state index contributed by atoms with van der Waals surface area (Å²) < 4.78 is 0. The minimum Gasteiger partial charge on any atom is -0.310 e. The molecule has 0 N–H and O–H groups in total. The average molecular weight is 528 g/mol. The summed E-state index contributed by atoms with van der Waals surface area (Å²) in [5.74, 6) is 0.